The fourth-order valence-corrected chi connectivity index (χ4v) is 9.44. The number of rotatable bonds is 13. The number of hydrogen-bond acceptors (Lipinski definition) is 14. The number of amides is 2. The van der Waals surface area contributed by atoms with Crippen molar-refractivity contribution in [2.75, 3.05) is 23.2 Å². The van der Waals surface area contributed by atoms with Gasteiger partial charge >= 0.3 is 11.9 Å². The van der Waals surface area contributed by atoms with E-state index in [1.165, 1.54) is 106 Å². The van der Waals surface area contributed by atoms with Gasteiger partial charge in [-0.25, -0.2) is 9.59 Å². The summed E-state index contributed by atoms with van der Waals surface area (Å²) in [5.41, 5.74) is -1.13. The van der Waals surface area contributed by atoms with Crippen LogP contribution in [0, 0.1) is 36.5 Å². The zero-order valence-corrected chi connectivity index (χ0v) is 46.3. The zero-order chi connectivity index (χ0) is 58.0. The van der Waals surface area contributed by atoms with Crippen LogP contribution < -0.4 is 31.3 Å². The highest BCUT2D eigenvalue weighted by Crippen LogP contribution is 2.41. The number of nitrogens with zero attached hydrogens (tertiary/aromatic N) is 8. The minimum atomic E-state index is -0.830. The zero-order valence-electron chi connectivity index (χ0n) is 41.8. The largest absolute Gasteiger partial charge is 0.860 e. The molecule has 18 nitrogen and oxygen atoms in total. The Bertz CT molecular complexity index is 3800. The summed E-state index contributed by atoms with van der Waals surface area (Å²) in [7, 11) is 1.29. The monoisotopic (exact) mass is 1180 g/mol. The van der Waals surface area contributed by atoms with E-state index in [0.717, 1.165) is 19.2 Å². The number of allylic oxidation sites excluding steroid dienone is 8. The van der Waals surface area contributed by atoms with Crippen LogP contribution in [0.3, 0.4) is 0 Å². The number of benzene rings is 3. The second kappa shape index (κ2) is 26.3. The number of aromatic nitrogens is 2. The van der Waals surface area contributed by atoms with Crippen LogP contribution in [0.1, 0.15) is 47.2 Å². The fraction of sp³-hybridized carbons (Fsp3) is 0.127. The molecule has 4 heterocycles. The van der Waals surface area contributed by atoms with Gasteiger partial charge in [-0.2, -0.15) is 30.7 Å². The van der Waals surface area contributed by atoms with E-state index in [-0.39, 0.29) is 111 Å². The topological polar surface area (TPSA) is 256 Å². The molecule has 0 radical (unpaired) electrons. The summed E-state index contributed by atoms with van der Waals surface area (Å²) >= 11 is 36.9. The van der Waals surface area contributed by atoms with Crippen molar-refractivity contribution in [3.8, 4) is 29.6 Å². The Kier molecular flexibility index (Phi) is 19.9. The van der Waals surface area contributed by atoms with Gasteiger partial charge in [0.05, 0.1) is 44.5 Å². The summed E-state index contributed by atoms with van der Waals surface area (Å²) in [6.45, 7) is 6.35. The SMILES string of the molecule is CCOC(=O)C1=NN(c2c(Cl)cc(Cl)cc2Cl)C(=O)C1=CC=CC=Cc1c(C)c(C#N)c(=O)n(-c2ccccc2)c1[O-].CCOC(=O)C1=NN(c2c(Cl)cc(Cl)cc2Cl)C(=O)C1=CC=CC=Cc1c(C)c(C#N)c(=O)n(C)c1[O-]. The van der Waals surface area contributed by atoms with Gasteiger partial charge in [0.15, 0.2) is 11.4 Å². The lowest BCUT2D eigenvalue weighted by Crippen LogP contribution is -2.26. The quantitative estimate of drug-likeness (QED) is 0.0607. The first-order valence-corrected chi connectivity index (χ1v) is 25.2. The number of anilines is 2. The molecule has 0 atom stereocenters. The smallest absolute Gasteiger partial charge is 0.359 e. The van der Waals surface area contributed by atoms with E-state index in [4.69, 9.17) is 79.1 Å². The molecule has 0 fully saturated rings. The number of hydrazone groups is 2. The molecule has 5 aromatic rings. The van der Waals surface area contributed by atoms with Crippen LogP contribution in [0.5, 0.6) is 11.8 Å². The van der Waals surface area contributed by atoms with Crippen LogP contribution in [-0.2, 0) is 35.7 Å². The molecule has 0 aliphatic carbocycles. The first kappa shape index (κ1) is 59.8. The Morgan fingerprint density at radius 1 is 0.608 bits per heavy atom. The fourth-order valence-electron chi connectivity index (χ4n) is 7.49. The predicted molar refractivity (Wildman–Crippen MR) is 300 cm³/mol. The van der Waals surface area contributed by atoms with Gasteiger partial charge < -0.3 is 24.3 Å². The molecule has 3 aromatic carbocycles. The summed E-state index contributed by atoms with van der Waals surface area (Å²) in [6, 6.07) is 17.5. The van der Waals surface area contributed by atoms with Crippen LogP contribution in [0.4, 0.5) is 11.4 Å². The predicted octanol–water partition coefficient (Wildman–Crippen LogP) is 9.57. The van der Waals surface area contributed by atoms with Crippen LogP contribution >= 0.6 is 69.6 Å². The van der Waals surface area contributed by atoms with Gasteiger partial charge in [-0.1, -0.05) is 136 Å². The third-order valence-electron chi connectivity index (χ3n) is 11.3. The Morgan fingerprint density at radius 2 is 1.00 bits per heavy atom. The third-order valence-corrected chi connectivity index (χ3v) is 12.9. The average Bonchev–Trinajstić information content (AvgIpc) is 3.98. The number of ether oxygens (including phenoxy) is 2. The normalized spacial score (nSPS) is 14.4. The third kappa shape index (κ3) is 12.8. The van der Waals surface area contributed by atoms with Gasteiger partial charge in [-0.15, -0.1) is 0 Å². The molecule has 2 amide bonds. The van der Waals surface area contributed by atoms with Crippen LogP contribution in [0.25, 0.3) is 17.8 Å². The summed E-state index contributed by atoms with van der Waals surface area (Å²) < 4.78 is 11.9. The van der Waals surface area contributed by atoms with Crippen LogP contribution in [-0.4, -0.2) is 57.5 Å². The molecule has 0 N–H and O–H groups in total. The molecule has 0 saturated carbocycles. The van der Waals surface area contributed by atoms with Crippen molar-refractivity contribution in [2.24, 2.45) is 17.3 Å². The lowest BCUT2D eigenvalue weighted by Gasteiger charge is -2.22. The minimum absolute atomic E-state index is 0.0436. The molecular weight excluding hydrogens is 1150 g/mol. The molecule has 2 aliphatic heterocycles. The lowest BCUT2D eigenvalue weighted by molar-refractivity contribution is -0.279. The molecule has 24 heteroatoms. The molecule has 0 unspecified atom stereocenters. The van der Waals surface area contributed by atoms with Crippen molar-refractivity contribution in [1.29, 1.82) is 10.5 Å². The van der Waals surface area contributed by atoms with Crippen molar-refractivity contribution in [3.05, 3.63) is 199 Å². The number of carbonyl (C=O) groups is 4. The van der Waals surface area contributed by atoms with E-state index in [0.29, 0.717) is 5.69 Å². The van der Waals surface area contributed by atoms with Crippen molar-refractivity contribution in [1.82, 2.24) is 9.13 Å². The van der Waals surface area contributed by atoms with Crippen LogP contribution in [0.2, 0.25) is 30.1 Å². The van der Waals surface area contributed by atoms with Gasteiger partial charge in [-0.05, 0) is 110 Å². The molecular formula is C55H38Cl6N8O10-2. The molecule has 0 saturated heterocycles. The minimum Gasteiger partial charge on any atom is -0.860 e. The van der Waals surface area contributed by atoms with E-state index in [2.05, 4.69) is 10.2 Å². The van der Waals surface area contributed by atoms with E-state index in [1.54, 1.807) is 44.2 Å². The standard InChI is InChI=1S/C30H21Cl3N4O5.C25H19Cl3N4O5/c1-3-42-30(41)25-21(29(40)37(35-25)26-23(32)14-18(31)15-24(26)33)13-9-5-8-12-20-17(2)22(16-34)28(39)36(27(20)38)19-10-6-4-7-11-19;1-4-37-25(36)20-16(24(35)32(30-20)21-18(27)10-14(26)11-19(21)28)9-7-5-6-8-15-13(2)17(12-29)23(34)31(3)22(15)33/h4-15,38H,3H2,1-2H3;5-11,33H,4H2,1-3H3/p-2. The number of pyridine rings is 2. The Morgan fingerprint density at radius 3 is 1.39 bits per heavy atom. The van der Waals surface area contributed by atoms with E-state index >= 15 is 0 Å². The lowest BCUT2D eigenvalue weighted by atomic mass is 10.0. The van der Waals surface area contributed by atoms with Crippen molar-refractivity contribution >= 4 is 128 Å². The van der Waals surface area contributed by atoms with Crippen LogP contribution in [0.15, 0.2) is 134 Å². The molecule has 79 heavy (non-hydrogen) atoms. The first-order valence-electron chi connectivity index (χ1n) is 23.0. The molecule has 2 aliphatic rings. The van der Waals surface area contributed by atoms with E-state index < -0.39 is 46.6 Å². The van der Waals surface area contributed by atoms with Crippen molar-refractivity contribution < 1.29 is 38.9 Å². The Labute approximate surface area is 480 Å². The highest BCUT2D eigenvalue weighted by Gasteiger charge is 2.39. The molecule has 402 valence electrons. The number of hydrogen-bond donors (Lipinski definition) is 0. The number of carbonyl (C=O) groups excluding carboxylic acids is 4. The van der Waals surface area contributed by atoms with Gasteiger partial charge in [0.25, 0.3) is 22.9 Å². The Hall–Kier alpha value is -8.46. The Balaban J connectivity index is 0.000000257. The highest BCUT2D eigenvalue weighted by atomic mass is 35.5. The summed E-state index contributed by atoms with van der Waals surface area (Å²) in [6.07, 6.45) is 14.4. The molecule has 0 bridgehead atoms. The maximum atomic E-state index is 13.3. The average molecular weight is 1180 g/mol. The number of halogens is 6. The molecule has 0 spiro atoms. The molecule has 7 rings (SSSR count). The second-order valence-electron chi connectivity index (χ2n) is 16.2. The maximum absolute atomic E-state index is 13.3. The number of para-hydroxylation sites is 1. The van der Waals surface area contributed by atoms with Gasteiger partial charge in [0, 0.05) is 22.8 Å². The molecule has 2 aromatic heterocycles. The van der Waals surface area contributed by atoms with Crippen molar-refractivity contribution in [2.45, 2.75) is 27.7 Å². The second-order valence-corrected chi connectivity index (χ2v) is 18.7. The van der Waals surface area contributed by atoms with Gasteiger partial charge in [0.1, 0.15) is 34.6 Å². The van der Waals surface area contributed by atoms with Crippen molar-refractivity contribution in [3.63, 3.8) is 0 Å². The highest BCUT2D eigenvalue weighted by molar-refractivity contribution is 6.55. The number of esters is 2. The maximum Gasteiger partial charge on any atom is 0.359 e. The van der Waals surface area contributed by atoms with Gasteiger partial charge in [-0.3, -0.25) is 23.7 Å². The first-order chi connectivity index (χ1) is 37.6. The summed E-state index contributed by atoms with van der Waals surface area (Å²) in [5, 5.41) is 55.2. The number of nitriles is 2. The summed E-state index contributed by atoms with van der Waals surface area (Å²) in [4.78, 5) is 76.4. The van der Waals surface area contributed by atoms with Gasteiger partial charge in [0.2, 0.25) is 0 Å². The van der Waals surface area contributed by atoms with E-state index in [9.17, 15) is 49.5 Å². The summed E-state index contributed by atoms with van der Waals surface area (Å²) in [5.74, 6) is -4.18. The van der Waals surface area contributed by atoms with E-state index in [1.807, 2.05) is 12.1 Å².